The van der Waals surface area contributed by atoms with Gasteiger partial charge in [0.15, 0.2) is 0 Å². The maximum absolute atomic E-state index is 5.02. The van der Waals surface area contributed by atoms with E-state index < -0.39 is 0 Å². The lowest BCUT2D eigenvalue weighted by atomic mass is 10.2. The molecule has 1 aliphatic rings. The van der Waals surface area contributed by atoms with E-state index in [1.165, 1.54) is 18.4 Å². The summed E-state index contributed by atoms with van der Waals surface area (Å²) in [5.74, 6) is 0.957. The fourth-order valence-electron chi connectivity index (χ4n) is 2.02. The van der Waals surface area contributed by atoms with E-state index in [0.717, 1.165) is 31.6 Å². The van der Waals surface area contributed by atoms with Crippen LogP contribution in [-0.2, 0) is 6.54 Å². The minimum absolute atomic E-state index is 0.746. The Hall–Kier alpha value is -0.800. The van der Waals surface area contributed by atoms with Crippen LogP contribution in [-0.4, -0.2) is 31.1 Å². The molecule has 0 bridgehead atoms. The first-order chi connectivity index (χ1) is 7.77. The van der Waals surface area contributed by atoms with Crippen molar-refractivity contribution < 1.29 is 4.42 Å². The molecule has 1 atom stereocenters. The van der Waals surface area contributed by atoms with E-state index in [2.05, 4.69) is 24.2 Å². The van der Waals surface area contributed by atoms with Crippen LogP contribution in [0, 0.1) is 5.92 Å². The summed E-state index contributed by atoms with van der Waals surface area (Å²) in [4.78, 5) is 2.46. The van der Waals surface area contributed by atoms with Crippen LogP contribution in [0.25, 0.3) is 0 Å². The second kappa shape index (κ2) is 5.51. The van der Waals surface area contributed by atoms with E-state index in [4.69, 9.17) is 4.42 Å². The monoisotopic (exact) mass is 222 g/mol. The van der Waals surface area contributed by atoms with Gasteiger partial charge in [-0.3, -0.25) is 0 Å². The van der Waals surface area contributed by atoms with Crippen molar-refractivity contribution in [2.75, 3.05) is 20.1 Å². The van der Waals surface area contributed by atoms with Gasteiger partial charge in [-0.1, -0.05) is 0 Å². The predicted molar refractivity (Wildman–Crippen MR) is 65.2 cm³/mol. The van der Waals surface area contributed by atoms with Crippen LogP contribution in [0.15, 0.2) is 23.0 Å². The summed E-state index contributed by atoms with van der Waals surface area (Å²) < 4.78 is 5.02. The molecule has 1 saturated carbocycles. The van der Waals surface area contributed by atoms with Gasteiger partial charge in [0.1, 0.15) is 0 Å². The van der Waals surface area contributed by atoms with Crippen molar-refractivity contribution >= 4 is 0 Å². The quantitative estimate of drug-likeness (QED) is 0.716. The topological polar surface area (TPSA) is 28.4 Å². The summed E-state index contributed by atoms with van der Waals surface area (Å²) >= 11 is 0. The van der Waals surface area contributed by atoms with Gasteiger partial charge in [0.05, 0.1) is 12.5 Å². The van der Waals surface area contributed by atoms with Gasteiger partial charge in [-0.2, -0.15) is 0 Å². The highest BCUT2D eigenvalue weighted by Crippen LogP contribution is 2.34. The van der Waals surface area contributed by atoms with Gasteiger partial charge in [-0.25, -0.2) is 0 Å². The molecule has 0 saturated heterocycles. The fourth-order valence-corrected chi connectivity index (χ4v) is 2.02. The van der Waals surface area contributed by atoms with Crippen LogP contribution in [0.3, 0.4) is 0 Å². The minimum Gasteiger partial charge on any atom is -0.472 e. The van der Waals surface area contributed by atoms with Gasteiger partial charge < -0.3 is 14.6 Å². The highest BCUT2D eigenvalue weighted by molar-refractivity contribution is 5.04. The Kier molecular flexibility index (Phi) is 4.02. The van der Waals surface area contributed by atoms with E-state index in [1.54, 1.807) is 12.5 Å². The lowest BCUT2D eigenvalue weighted by Gasteiger charge is -2.24. The van der Waals surface area contributed by atoms with E-state index in [-0.39, 0.29) is 0 Å². The Morgan fingerprint density at radius 3 is 3.00 bits per heavy atom. The number of hydrogen-bond acceptors (Lipinski definition) is 3. The van der Waals surface area contributed by atoms with Gasteiger partial charge in [0.2, 0.25) is 0 Å². The molecular weight excluding hydrogens is 200 g/mol. The SMILES string of the molecule is CC(C1CC1)N(C)CCNCc1ccoc1. The number of hydrogen-bond donors (Lipinski definition) is 1. The third kappa shape index (κ3) is 3.35. The zero-order valence-electron chi connectivity index (χ0n) is 10.3. The molecule has 3 nitrogen and oxygen atoms in total. The molecule has 1 N–H and O–H groups in total. The van der Waals surface area contributed by atoms with Crippen molar-refractivity contribution in [3.05, 3.63) is 24.2 Å². The van der Waals surface area contributed by atoms with Crippen LogP contribution in [0.4, 0.5) is 0 Å². The number of furan rings is 1. The average molecular weight is 222 g/mol. The normalized spacial score (nSPS) is 17.9. The molecule has 3 heteroatoms. The van der Waals surface area contributed by atoms with Crippen LogP contribution < -0.4 is 5.32 Å². The summed E-state index contributed by atoms with van der Waals surface area (Å²) in [5, 5.41) is 3.43. The minimum atomic E-state index is 0.746. The molecule has 90 valence electrons. The largest absolute Gasteiger partial charge is 0.472 e. The number of rotatable bonds is 7. The highest BCUT2D eigenvalue weighted by Gasteiger charge is 2.29. The smallest absolute Gasteiger partial charge is 0.0947 e. The number of nitrogens with zero attached hydrogens (tertiary/aromatic N) is 1. The Labute approximate surface area is 97.8 Å². The van der Waals surface area contributed by atoms with Crippen molar-refractivity contribution in [2.24, 2.45) is 5.92 Å². The van der Waals surface area contributed by atoms with Crippen LogP contribution in [0.5, 0.6) is 0 Å². The third-order valence-electron chi connectivity index (χ3n) is 3.55. The Bertz CT molecular complexity index is 293. The summed E-state index contributed by atoms with van der Waals surface area (Å²) in [5.41, 5.74) is 1.22. The van der Waals surface area contributed by atoms with E-state index in [1.807, 2.05) is 6.07 Å². The molecule has 0 aromatic carbocycles. The van der Waals surface area contributed by atoms with Crippen molar-refractivity contribution in [1.29, 1.82) is 0 Å². The van der Waals surface area contributed by atoms with Crippen LogP contribution in [0.1, 0.15) is 25.3 Å². The first-order valence-corrected chi connectivity index (χ1v) is 6.19. The molecule has 1 aromatic heterocycles. The lowest BCUT2D eigenvalue weighted by Crippen LogP contribution is -2.36. The first-order valence-electron chi connectivity index (χ1n) is 6.19. The van der Waals surface area contributed by atoms with E-state index in [9.17, 15) is 0 Å². The van der Waals surface area contributed by atoms with Gasteiger partial charge in [-0.05, 0) is 38.8 Å². The Balaban J connectivity index is 1.57. The summed E-state index contributed by atoms with van der Waals surface area (Å²) in [6.07, 6.45) is 6.36. The molecule has 2 rings (SSSR count). The van der Waals surface area contributed by atoms with Crippen LogP contribution in [0.2, 0.25) is 0 Å². The Morgan fingerprint density at radius 2 is 2.38 bits per heavy atom. The maximum Gasteiger partial charge on any atom is 0.0947 e. The second-order valence-electron chi connectivity index (χ2n) is 4.87. The molecule has 0 amide bonds. The predicted octanol–water partition coefficient (Wildman–Crippen LogP) is 2.10. The van der Waals surface area contributed by atoms with Crippen LogP contribution >= 0.6 is 0 Å². The van der Waals surface area contributed by atoms with Crippen molar-refractivity contribution in [3.63, 3.8) is 0 Å². The zero-order chi connectivity index (χ0) is 11.4. The zero-order valence-corrected chi connectivity index (χ0v) is 10.3. The number of likely N-dealkylation sites (N-methyl/N-ethyl adjacent to an activating group) is 1. The molecule has 0 radical (unpaired) electrons. The number of nitrogens with one attached hydrogen (secondary N) is 1. The second-order valence-corrected chi connectivity index (χ2v) is 4.87. The lowest BCUT2D eigenvalue weighted by molar-refractivity contribution is 0.234. The molecule has 1 heterocycles. The molecule has 0 spiro atoms. The molecule has 1 unspecified atom stereocenters. The summed E-state index contributed by atoms with van der Waals surface area (Å²) in [6.45, 7) is 5.41. The van der Waals surface area contributed by atoms with Crippen molar-refractivity contribution in [3.8, 4) is 0 Å². The Morgan fingerprint density at radius 1 is 1.56 bits per heavy atom. The molecule has 0 aliphatic heterocycles. The molecule has 1 fully saturated rings. The van der Waals surface area contributed by atoms with Crippen molar-refractivity contribution in [2.45, 2.75) is 32.4 Å². The fraction of sp³-hybridized carbons (Fsp3) is 0.692. The first kappa shape index (κ1) is 11.7. The molecule has 1 aliphatic carbocycles. The summed E-state index contributed by atoms with van der Waals surface area (Å²) in [6, 6.07) is 2.75. The standard InChI is InChI=1S/C13H22N2O/c1-11(13-3-4-13)15(2)7-6-14-9-12-5-8-16-10-12/h5,8,10-11,13-14H,3-4,6-7,9H2,1-2H3. The molecule has 16 heavy (non-hydrogen) atoms. The van der Waals surface area contributed by atoms with Gasteiger partial charge in [0, 0.05) is 31.2 Å². The summed E-state index contributed by atoms with van der Waals surface area (Å²) in [7, 11) is 2.22. The van der Waals surface area contributed by atoms with E-state index >= 15 is 0 Å². The maximum atomic E-state index is 5.02. The van der Waals surface area contributed by atoms with E-state index in [0.29, 0.717) is 0 Å². The van der Waals surface area contributed by atoms with Gasteiger partial charge in [0.25, 0.3) is 0 Å². The average Bonchev–Trinajstić information content (AvgIpc) is 3.01. The van der Waals surface area contributed by atoms with Gasteiger partial charge in [-0.15, -0.1) is 0 Å². The molecular formula is C13H22N2O. The highest BCUT2D eigenvalue weighted by atomic mass is 16.3. The third-order valence-corrected chi connectivity index (χ3v) is 3.55. The van der Waals surface area contributed by atoms with Gasteiger partial charge >= 0.3 is 0 Å². The van der Waals surface area contributed by atoms with Crippen molar-refractivity contribution in [1.82, 2.24) is 10.2 Å². The molecule has 1 aromatic rings.